The molecule has 0 fully saturated rings. The maximum absolute atomic E-state index is 11.2. The molecule has 0 aliphatic rings. The Morgan fingerprint density at radius 1 is 1.33 bits per heavy atom. The van der Waals surface area contributed by atoms with E-state index in [1.807, 2.05) is 0 Å². The van der Waals surface area contributed by atoms with E-state index in [0.717, 1.165) is 5.56 Å². The van der Waals surface area contributed by atoms with Crippen LogP contribution >= 0.6 is 11.6 Å². The van der Waals surface area contributed by atoms with Gasteiger partial charge in [-0.2, -0.15) is 0 Å². The van der Waals surface area contributed by atoms with E-state index in [2.05, 4.69) is 6.58 Å². The summed E-state index contributed by atoms with van der Waals surface area (Å²) in [5.41, 5.74) is 0.731. The highest BCUT2D eigenvalue weighted by molar-refractivity contribution is 6.30. The Morgan fingerprint density at radius 2 is 1.87 bits per heavy atom. The summed E-state index contributed by atoms with van der Waals surface area (Å²) in [7, 11) is 3.22. The summed E-state index contributed by atoms with van der Waals surface area (Å²) in [5, 5.41) is 0.630. The van der Waals surface area contributed by atoms with Gasteiger partial charge in [-0.25, -0.2) is 4.79 Å². The van der Waals surface area contributed by atoms with Gasteiger partial charge < -0.3 is 9.64 Å². The van der Waals surface area contributed by atoms with Gasteiger partial charge in [0.15, 0.2) is 0 Å². The second kappa shape index (κ2) is 4.84. The number of carbonyl (C=O) groups excluding carboxylic acids is 1. The fourth-order valence-corrected chi connectivity index (χ4v) is 1.02. The van der Waals surface area contributed by atoms with Crippen LogP contribution in [-0.4, -0.2) is 25.1 Å². The number of benzene rings is 1. The fourth-order valence-electron chi connectivity index (χ4n) is 0.891. The van der Waals surface area contributed by atoms with E-state index in [-0.39, 0.29) is 0 Å². The normalized spacial score (nSPS) is 9.53. The molecule has 0 aromatic heterocycles. The predicted octanol–water partition coefficient (Wildman–Crippen LogP) is 3.01. The van der Waals surface area contributed by atoms with Gasteiger partial charge in [0.2, 0.25) is 0 Å². The zero-order chi connectivity index (χ0) is 11.4. The highest BCUT2D eigenvalue weighted by atomic mass is 35.5. The van der Waals surface area contributed by atoms with E-state index in [1.54, 1.807) is 38.4 Å². The number of halogens is 1. The van der Waals surface area contributed by atoms with Crippen molar-refractivity contribution in [3.8, 4) is 0 Å². The van der Waals surface area contributed by atoms with Gasteiger partial charge in [0.1, 0.15) is 5.76 Å². The maximum atomic E-state index is 11.2. The van der Waals surface area contributed by atoms with Crippen LogP contribution in [0.1, 0.15) is 5.56 Å². The van der Waals surface area contributed by atoms with E-state index in [4.69, 9.17) is 16.3 Å². The Bertz CT molecular complexity index is 371. The van der Waals surface area contributed by atoms with E-state index in [9.17, 15) is 4.79 Å². The van der Waals surface area contributed by atoms with Crippen molar-refractivity contribution in [2.24, 2.45) is 0 Å². The topological polar surface area (TPSA) is 29.5 Å². The molecule has 0 saturated heterocycles. The first kappa shape index (κ1) is 11.6. The smallest absolute Gasteiger partial charge is 0.410 e. The Morgan fingerprint density at radius 3 is 2.33 bits per heavy atom. The Balaban J connectivity index is 2.69. The van der Waals surface area contributed by atoms with Gasteiger partial charge in [-0.15, -0.1) is 0 Å². The van der Waals surface area contributed by atoms with Crippen molar-refractivity contribution in [3.05, 3.63) is 41.4 Å². The standard InChI is InChI=1S/C11H12ClNO2/c1-8(15-11(14)13(2)3)9-4-6-10(12)7-5-9/h4-7H,1H2,2-3H3. The first-order chi connectivity index (χ1) is 7.00. The van der Waals surface area contributed by atoms with Gasteiger partial charge in [-0.3, -0.25) is 0 Å². The highest BCUT2D eigenvalue weighted by Crippen LogP contribution is 2.17. The Labute approximate surface area is 93.9 Å². The molecule has 0 atom stereocenters. The van der Waals surface area contributed by atoms with Crippen molar-refractivity contribution in [2.75, 3.05) is 14.1 Å². The van der Waals surface area contributed by atoms with Crippen LogP contribution in [0.3, 0.4) is 0 Å². The summed E-state index contributed by atoms with van der Waals surface area (Å²) in [4.78, 5) is 12.5. The predicted molar refractivity (Wildman–Crippen MR) is 60.7 cm³/mol. The molecule has 0 spiro atoms. The van der Waals surface area contributed by atoms with Gasteiger partial charge in [0.05, 0.1) is 0 Å². The molecule has 1 rings (SSSR count). The van der Waals surface area contributed by atoms with Crippen molar-refractivity contribution < 1.29 is 9.53 Å². The molecule has 1 aromatic rings. The lowest BCUT2D eigenvalue weighted by Gasteiger charge is -2.12. The van der Waals surface area contributed by atoms with Crippen LogP contribution in [0.5, 0.6) is 0 Å². The zero-order valence-electron chi connectivity index (χ0n) is 8.66. The quantitative estimate of drug-likeness (QED) is 0.725. The zero-order valence-corrected chi connectivity index (χ0v) is 9.41. The minimum Gasteiger partial charge on any atom is -0.410 e. The van der Waals surface area contributed by atoms with Crippen LogP contribution in [0.2, 0.25) is 5.02 Å². The average Bonchev–Trinajstić information content (AvgIpc) is 2.18. The molecular weight excluding hydrogens is 214 g/mol. The van der Waals surface area contributed by atoms with Crippen molar-refractivity contribution in [1.29, 1.82) is 0 Å². The average molecular weight is 226 g/mol. The summed E-state index contributed by atoms with van der Waals surface area (Å²) in [6.45, 7) is 3.66. The first-order valence-corrected chi connectivity index (χ1v) is 4.72. The van der Waals surface area contributed by atoms with E-state index in [0.29, 0.717) is 10.8 Å². The molecule has 0 aliphatic carbocycles. The van der Waals surface area contributed by atoms with Crippen molar-refractivity contribution in [3.63, 3.8) is 0 Å². The van der Waals surface area contributed by atoms with Crippen LogP contribution in [0.4, 0.5) is 4.79 Å². The van der Waals surface area contributed by atoms with Crippen molar-refractivity contribution in [2.45, 2.75) is 0 Å². The number of carbonyl (C=O) groups is 1. The third kappa shape index (κ3) is 3.29. The molecule has 1 aromatic carbocycles. The maximum Gasteiger partial charge on any atom is 0.414 e. The molecule has 15 heavy (non-hydrogen) atoms. The first-order valence-electron chi connectivity index (χ1n) is 4.34. The second-order valence-corrected chi connectivity index (χ2v) is 3.63. The molecule has 0 unspecified atom stereocenters. The summed E-state index contributed by atoms with van der Waals surface area (Å²) in [6.07, 6.45) is -0.449. The number of hydrogen-bond acceptors (Lipinski definition) is 2. The monoisotopic (exact) mass is 225 g/mol. The molecule has 1 amide bonds. The molecule has 0 bridgehead atoms. The minimum atomic E-state index is -0.449. The number of amides is 1. The molecule has 0 saturated carbocycles. The van der Waals surface area contributed by atoms with E-state index in [1.165, 1.54) is 4.90 Å². The lowest BCUT2D eigenvalue weighted by atomic mass is 10.2. The molecule has 0 radical (unpaired) electrons. The molecule has 80 valence electrons. The van der Waals surface area contributed by atoms with Crippen LogP contribution in [0, 0.1) is 0 Å². The summed E-state index contributed by atoms with van der Waals surface area (Å²) in [6, 6.07) is 6.92. The van der Waals surface area contributed by atoms with Gasteiger partial charge in [0, 0.05) is 24.7 Å². The third-order valence-corrected chi connectivity index (χ3v) is 1.99. The van der Waals surface area contributed by atoms with Crippen LogP contribution in [0.15, 0.2) is 30.8 Å². The van der Waals surface area contributed by atoms with Gasteiger partial charge in [-0.1, -0.05) is 18.2 Å². The summed E-state index contributed by atoms with van der Waals surface area (Å²) < 4.78 is 4.99. The SMILES string of the molecule is C=C(OC(=O)N(C)C)c1ccc(Cl)cc1. The van der Waals surface area contributed by atoms with Gasteiger partial charge in [0.25, 0.3) is 0 Å². The number of rotatable bonds is 2. The number of ether oxygens (including phenoxy) is 1. The van der Waals surface area contributed by atoms with E-state index < -0.39 is 6.09 Å². The number of hydrogen-bond donors (Lipinski definition) is 0. The molecular formula is C11H12ClNO2. The third-order valence-electron chi connectivity index (χ3n) is 1.74. The van der Waals surface area contributed by atoms with Gasteiger partial charge in [-0.05, 0) is 24.3 Å². The highest BCUT2D eigenvalue weighted by Gasteiger charge is 2.08. The lowest BCUT2D eigenvalue weighted by Crippen LogP contribution is -2.21. The van der Waals surface area contributed by atoms with Gasteiger partial charge >= 0.3 is 6.09 Å². The summed E-state index contributed by atoms with van der Waals surface area (Å²) in [5.74, 6) is 0.311. The molecule has 3 nitrogen and oxygen atoms in total. The van der Waals surface area contributed by atoms with Crippen molar-refractivity contribution in [1.82, 2.24) is 4.90 Å². The van der Waals surface area contributed by atoms with Crippen LogP contribution in [0.25, 0.3) is 5.76 Å². The second-order valence-electron chi connectivity index (χ2n) is 3.19. The molecule has 0 aliphatic heterocycles. The Hall–Kier alpha value is -1.48. The largest absolute Gasteiger partial charge is 0.414 e. The van der Waals surface area contributed by atoms with Crippen LogP contribution < -0.4 is 0 Å². The van der Waals surface area contributed by atoms with Crippen LogP contribution in [-0.2, 0) is 4.74 Å². The summed E-state index contributed by atoms with van der Waals surface area (Å²) >= 11 is 5.73. The number of nitrogens with zero attached hydrogens (tertiary/aromatic N) is 1. The lowest BCUT2D eigenvalue weighted by molar-refractivity contribution is 0.163. The van der Waals surface area contributed by atoms with E-state index >= 15 is 0 Å². The molecule has 0 N–H and O–H groups in total. The molecule has 4 heteroatoms. The molecule has 0 heterocycles. The Kier molecular flexibility index (Phi) is 3.74. The minimum absolute atomic E-state index is 0.311. The fraction of sp³-hybridized carbons (Fsp3) is 0.182. The van der Waals surface area contributed by atoms with Crippen molar-refractivity contribution >= 4 is 23.5 Å².